The van der Waals surface area contributed by atoms with E-state index >= 15 is 0 Å². The molecule has 0 saturated heterocycles. The van der Waals surface area contributed by atoms with Crippen LogP contribution in [0, 0.1) is 5.92 Å². The smallest absolute Gasteiger partial charge is 0.408 e. The van der Waals surface area contributed by atoms with Crippen molar-refractivity contribution in [2.24, 2.45) is 5.92 Å². The van der Waals surface area contributed by atoms with Gasteiger partial charge in [0.1, 0.15) is 11.6 Å². The molecule has 6 nitrogen and oxygen atoms in total. The van der Waals surface area contributed by atoms with Gasteiger partial charge in [0.25, 0.3) is 0 Å². The van der Waals surface area contributed by atoms with E-state index in [2.05, 4.69) is 5.32 Å². The second kappa shape index (κ2) is 6.92. The maximum absolute atomic E-state index is 11.8. The van der Waals surface area contributed by atoms with E-state index in [9.17, 15) is 14.7 Å². The SMILES string of the molecule is COC(=O)[C@H](NC(=O)OC(C)(C)C)C1CCC(O)CC1. The van der Waals surface area contributed by atoms with Gasteiger partial charge in [-0.2, -0.15) is 0 Å². The number of hydrogen-bond acceptors (Lipinski definition) is 5. The number of alkyl carbamates (subject to hydrolysis) is 1. The Balaban J connectivity index is 2.65. The fourth-order valence-corrected chi connectivity index (χ4v) is 2.37. The zero-order valence-corrected chi connectivity index (χ0v) is 12.6. The minimum Gasteiger partial charge on any atom is -0.467 e. The fourth-order valence-electron chi connectivity index (χ4n) is 2.37. The lowest BCUT2D eigenvalue weighted by atomic mass is 9.82. The van der Waals surface area contributed by atoms with Gasteiger partial charge < -0.3 is 19.9 Å². The van der Waals surface area contributed by atoms with Crippen LogP contribution in [0.15, 0.2) is 0 Å². The number of rotatable bonds is 3. The van der Waals surface area contributed by atoms with E-state index in [1.54, 1.807) is 20.8 Å². The molecule has 0 bridgehead atoms. The Morgan fingerprint density at radius 3 is 2.20 bits per heavy atom. The van der Waals surface area contributed by atoms with Crippen LogP contribution < -0.4 is 5.32 Å². The standard InChI is InChI=1S/C14H25NO5/c1-14(2,3)20-13(18)15-11(12(17)19-4)9-5-7-10(16)8-6-9/h9-11,16H,5-8H2,1-4H3,(H,15,18)/t9?,10?,11-/m1/s1. The number of hydrogen-bond donors (Lipinski definition) is 2. The molecule has 1 atom stereocenters. The van der Waals surface area contributed by atoms with Crippen LogP contribution in [0.2, 0.25) is 0 Å². The number of aliphatic hydroxyl groups is 1. The van der Waals surface area contributed by atoms with Gasteiger partial charge in [-0.1, -0.05) is 0 Å². The second-order valence-corrected chi connectivity index (χ2v) is 6.22. The Kier molecular flexibility index (Phi) is 5.80. The predicted molar refractivity (Wildman–Crippen MR) is 73.1 cm³/mol. The van der Waals surface area contributed by atoms with Crippen LogP contribution in [0.25, 0.3) is 0 Å². The molecule has 1 amide bonds. The zero-order chi connectivity index (χ0) is 15.3. The molecule has 1 rings (SSSR count). The number of aliphatic hydroxyl groups excluding tert-OH is 1. The molecule has 116 valence electrons. The van der Waals surface area contributed by atoms with Crippen LogP contribution in [0.3, 0.4) is 0 Å². The van der Waals surface area contributed by atoms with E-state index in [0.29, 0.717) is 25.7 Å². The van der Waals surface area contributed by atoms with Crippen molar-refractivity contribution in [2.45, 2.75) is 64.2 Å². The highest BCUT2D eigenvalue weighted by atomic mass is 16.6. The Morgan fingerprint density at radius 1 is 1.20 bits per heavy atom. The summed E-state index contributed by atoms with van der Waals surface area (Å²) >= 11 is 0. The van der Waals surface area contributed by atoms with Gasteiger partial charge >= 0.3 is 12.1 Å². The number of esters is 1. The fraction of sp³-hybridized carbons (Fsp3) is 0.857. The first-order valence-electron chi connectivity index (χ1n) is 6.98. The summed E-state index contributed by atoms with van der Waals surface area (Å²) < 4.78 is 9.92. The highest BCUT2D eigenvalue weighted by Gasteiger charge is 2.34. The lowest BCUT2D eigenvalue weighted by molar-refractivity contribution is -0.145. The minimum absolute atomic E-state index is 0.0293. The zero-order valence-electron chi connectivity index (χ0n) is 12.6. The topological polar surface area (TPSA) is 84.9 Å². The summed E-state index contributed by atoms with van der Waals surface area (Å²) in [7, 11) is 1.30. The van der Waals surface area contributed by atoms with Crippen LogP contribution in [-0.4, -0.2) is 42.0 Å². The maximum Gasteiger partial charge on any atom is 0.408 e. The Bertz CT molecular complexity index is 342. The molecule has 0 aromatic carbocycles. The summed E-state index contributed by atoms with van der Waals surface area (Å²) in [6.45, 7) is 5.28. The van der Waals surface area contributed by atoms with Gasteiger partial charge in [0.2, 0.25) is 0 Å². The van der Waals surface area contributed by atoms with E-state index in [0.717, 1.165) is 0 Å². The molecular formula is C14H25NO5. The Morgan fingerprint density at radius 2 is 1.75 bits per heavy atom. The van der Waals surface area contributed by atoms with Crippen molar-refractivity contribution in [3.05, 3.63) is 0 Å². The first-order valence-corrected chi connectivity index (χ1v) is 6.98. The molecule has 0 spiro atoms. The number of amides is 1. The number of nitrogens with one attached hydrogen (secondary N) is 1. The van der Waals surface area contributed by atoms with E-state index in [1.165, 1.54) is 7.11 Å². The number of carbonyl (C=O) groups is 2. The number of methoxy groups -OCH3 is 1. The highest BCUT2D eigenvalue weighted by molar-refractivity contribution is 5.81. The molecule has 0 aromatic heterocycles. The molecule has 0 unspecified atom stereocenters. The second-order valence-electron chi connectivity index (χ2n) is 6.22. The van der Waals surface area contributed by atoms with Crippen molar-refractivity contribution >= 4 is 12.1 Å². The molecule has 6 heteroatoms. The van der Waals surface area contributed by atoms with E-state index in [4.69, 9.17) is 9.47 Å². The Hall–Kier alpha value is -1.30. The van der Waals surface area contributed by atoms with Crippen LogP contribution in [0.5, 0.6) is 0 Å². The van der Waals surface area contributed by atoms with Crippen LogP contribution in [0.4, 0.5) is 4.79 Å². The molecule has 0 heterocycles. The lowest BCUT2D eigenvalue weighted by Crippen LogP contribution is -2.49. The third-order valence-electron chi connectivity index (χ3n) is 3.34. The molecule has 1 aliphatic carbocycles. The summed E-state index contributed by atoms with van der Waals surface area (Å²) in [5.41, 5.74) is -0.618. The van der Waals surface area contributed by atoms with Gasteiger partial charge in [0, 0.05) is 0 Å². The van der Waals surface area contributed by atoms with Crippen molar-refractivity contribution in [3.63, 3.8) is 0 Å². The normalized spacial score (nSPS) is 24.6. The van der Waals surface area contributed by atoms with Crippen molar-refractivity contribution < 1.29 is 24.2 Å². The van der Waals surface area contributed by atoms with Gasteiger partial charge in [-0.3, -0.25) is 0 Å². The molecule has 1 fully saturated rings. The molecule has 0 radical (unpaired) electrons. The quantitative estimate of drug-likeness (QED) is 0.770. The van der Waals surface area contributed by atoms with Gasteiger partial charge in [-0.15, -0.1) is 0 Å². The molecule has 20 heavy (non-hydrogen) atoms. The predicted octanol–water partition coefficient (Wildman–Crippen LogP) is 1.60. The van der Waals surface area contributed by atoms with Crippen molar-refractivity contribution in [1.82, 2.24) is 5.32 Å². The molecule has 0 aromatic rings. The Labute approximate surface area is 119 Å². The summed E-state index contributed by atoms with van der Waals surface area (Å²) in [6.07, 6.45) is 1.68. The van der Waals surface area contributed by atoms with Crippen molar-refractivity contribution in [1.29, 1.82) is 0 Å². The van der Waals surface area contributed by atoms with Gasteiger partial charge in [-0.25, -0.2) is 9.59 Å². The average molecular weight is 287 g/mol. The van der Waals surface area contributed by atoms with Crippen LogP contribution in [-0.2, 0) is 14.3 Å². The molecule has 1 saturated carbocycles. The third kappa shape index (κ3) is 5.36. The largest absolute Gasteiger partial charge is 0.467 e. The van der Waals surface area contributed by atoms with Crippen LogP contribution >= 0.6 is 0 Å². The van der Waals surface area contributed by atoms with E-state index in [-0.39, 0.29) is 12.0 Å². The van der Waals surface area contributed by atoms with Crippen molar-refractivity contribution in [3.8, 4) is 0 Å². The van der Waals surface area contributed by atoms with Crippen LogP contribution in [0.1, 0.15) is 46.5 Å². The molecular weight excluding hydrogens is 262 g/mol. The summed E-state index contributed by atoms with van der Waals surface area (Å²) in [6, 6.07) is -0.720. The minimum atomic E-state index is -0.720. The molecule has 2 N–H and O–H groups in total. The highest BCUT2D eigenvalue weighted by Crippen LogP contribution is 2.27. The van der Waals surface area contributed by atoms with E-state index < -0.39 is 23.7 Å². The first kappa shape index (κ1) is 16.8. The summed E-state index contributed by atoms with van der Waals surface area (Å²) in [4.78, 5) is 23.6. The third-order valence-corrected chi connectivity index (χ3v) is 3.34. The maximum atomic E-state index is 11.8. The lowest BCUT2D eigenvalue weighted by Gasteiger charge is -2.31. The van der Waals surface area contributed by atoms with Gasteiger partial charge in [0.05, 0.1) is 13.2 Å². The average Bonchev–Trinajstić information content (AvgIpc) is 2.34. The number of carbonyl (C=O) groups excluding carboxylic acids is 2. The van der Waals surface area contributed by atoms with Crippen molar-refractivity contribution in [2.75, 3.05) is 7.11 Å². The van der Waals surface area contributed by atoms with E-state index in [1.807, 2.05) is 0 Å². The van der Waals surface area contributed by atoms with Gasteiger partial charge in [0.15, 0.2) is 0 Å². The monoisotopic (exact) mass is 287 g/mol. The molecule has 1 aliphatic rings. The van der Waals surface area contributed by atoms with Gasteiger partial charge in [-0.05, 0) is 52.4 Å². The first-order chi connectivity index (χ1) is 9.23. The molecule has 0 aliphatic heterocycles. The summed E-state index contributed by atoms with van der Waals surface area (Å²) in [5, 5.41) is 12.1. The number of ether oxygens (including phenoxy) is 2. The summed E-state index contributed by atoms with van der Waals surface area (Å²) in [5.74, 6) is -0.504.